The van der Waals surface area contributed by atoms with E-state index in [0.717, 1.165) is 11.1 Å². The van der Waals surface area contributed by atoms with E-state index in [1.807, 2.05) is 92.9 Å². The number of nitrogens with zero attached hydrogens (tertiary/aromatic N) is 6. The number of anilines is 1. The number of benzene rings is 3. The lowest BCUT2D eigenvalue weighted by Crippen LogP contribution is -2.46. The summed E-state index contributed by atoms with van der Waals surface area (Å²) in [6, 6.07) is 29.2. The van der Waals surface area contributed by atoms with Gasteiger partial charge >= 0.3 is 0 Å². The Balaban J connectivity index is 1.18. The zero-order chi connectivity index (χ0) is 42.3. The van der Waals surface area contributed by atoms with Crippen molar-refractivity contribution in [2.24, 2.45) is 5.92 Å². The van der Waals surface area contributed by atoms with Crippen LogP contribution in [-0.4, -0.2) is 75.2 Å². The van der Waals surface area contributed by atoms with Crippen LogP contribution in [0.5, 0.6) is 11.5 Å². The Kier molecular flexibility index (Phi) is 10.9. The largest absolute Gasteiger partial charge is 0.491 e. The second-order valence-electron chi connectivity index (χ2n) is 16.0. The Hall–Kier alpha value is -6.13. The van der Waals surface area contributed by atoms with Crippen LogP contribution in [0.25, 0.3) is 11.4 Å². The highest BCUT2D eigenvalue weighted by Crippen LogP contribution is 2.60. The summed E-state index contributed by atoms with van der Waals surface area (Å²) in [6.07, 6.45) is 5.01. The number of aliphatic hydroxyl groups is 1. The quantitative estimate of drug-likeness (QED) is 0.149. The summed E-state index contributed by atoms with van der Waals surface area (Å²) in [5.74, 6) is -0.731. The summed E-state index contributed by atoms with van der Waals surface area (Å²) in [5, 5.41) is 19.1. The number of fused-ring (bicyclic) bond motifs is 2. The zero-order valence-corrected chi connectivity index (χ0v) is 35.1. The number of carbonyl (C=O) groups is 1. The third kappa shape index (κ3) is 7.06. The van der Waals surface area contributed by atoms with E-state index in [1.54, 1.807) is 52.3 Å². The molecular weight excluding hydrogens is 781 g/mol. The molecule has 1 saturated heterocycles. The van der Waals surface area contributed by atoms with E-state index in [1.165, 1.54) is 23.4 Å². The van der Waals surface area contributed by atoms with Crippen LogP contribution in [0.4, 0.5) is 5.69 Å². The molecule has 15 heteroatoms. The van der Waals surface area contributed by atoms with Crippen LogP contribution in [0, 0.1) is 5.92 Å². The number of aryl methyl sites for hydroxylation is 1. The van der Waals surface area contributed by atoms with Crippen LogP contribution in [0.1, 0.15) is 41.6 Å². The van der Waals surface area contributed by atoms with Gasteiger partial charge < -0.3 is 29.0 Å². The topological polar surface area (TPSA) is 163 Å². The number of aliphatic hydroxyl groups excluding tert-OH is 1. The first-order valence-corrected chi connectivity index (χ1v) is 23.0. The molecule has 1 amide bonds. The van der Waals surface area contributed by atoms with E-state index in [-0.39, 0.29) is 53.1 Å². The lowest BCUT2D eigenvalue weighted by molar-refractivity contribution is -0.146. The van der Waals surface area contributed by atoms with E-state index in [2.05, 4.69) is 10.3 Å². The average molecular weight is 829 g/mol. The highest BCUT2D eigenvalue weighted by Gasteiger charge is 2.66. The second kappa shape index (κ2) is 16.1. The van der Waals surface area contributed by atoms with Crippen LogP contribution in [-0.2, 0) is 28.2 Å². The summed E-state index contributed by atoms with van der Waals surface area (Å²) in [7, 11) is -0.144. The van der Waals surface area contributed by atoms with Gasteiger partial charge in [-0.1, -0.05) is 54.6 Å². The molecule has 310 valence electrons. The fraction of sp³-hybridized carbons (Fsp3) is 0.311. The molecule has 2 aliphatic heterocycles. The number of methoxy groups -OCH3 is 2. The highest BCUT2D eigenvalue weighted by atomic mass is 28.4. The van der Waals surface area contributed by atoms with Crippen molar-refractivity contribution < 1.29 is 28.9 Å². The molecule has 0 radical (unpaired) electrons. The second-order valence-corrected chi connectivity index (χ2v) is 19.9. The van der Waals surface area contributed by atoms with Gasteiger partial charge in [0.1, 0.15) is 0 Å². The van der Waals surface area contributed by atoms with Crippen molar-refractivity contribution >= 4 is 19.9 Å². The van der Waals surface area contributed by atoms with Crippen molar-refractivity contribution in [2.75, 3.05) is 25.7 Å². The Morgan fingerprint density at radius 2 is 1.52 bits per heavy atom. The average Bonchev–Trinajstić information content (AvgIpc) is 3.90. The summed E-state index contributed by atoms with van der Waals surface area (Å²) in [4.78, 5) is 55.7. The fourth-order valence-electron chi connectivity index (χ4n) is 9.19. The van der Waals surface area contributed by atoms with Crippen LogP contribution < -0.4 is 25.5 Å². The minimum absolute atomic E-state index is 0.132. The molecule has 3 aromatic carbocycles. The molecule has 5 atom stereocenters. The lowest BCUT2D eigenvalue weighted by atomic mass is 9.82. The first kappa shape index (κ1) is 40.6. The Morgan fingerprint density at radius 1 is 0.850 bits per heavy atom. The van der Waals surface area contributed by atoms with Gasteiger partial charge in [0, 0.05) is 53.5 Å². The number of aromatic nitrogens is 5. The SMILES string of the molecule is COc1cccn(-c2cccc(CN3C(=O)[C@@]4(O[C@@H](CCn5cc(C(CO)c6ccccc6)nn5)[C@H]([Si](C)(C)O)[C@H]4C)c4cc(-n5cccc(OC)c5=O)ccc43)c2)c1=O. The van der Waals surface area contributed by atoms with Gasteiger partial charge in [0.2, 0.25) is 0 Å². The summed E-state index contributed by atoms with van der Waals surface area (Å²) in [5.41, 5.74) is 2.09. The van der Waals surface area contributed by atoms with Gasteiger partial charge in [-0.25, -0.2) is 0 Å². The number of amides is 1. The molecule has 1 unspecified atom stereocenters. The van der Waals surface area contributed by atoms with Crippen molar-refractivity contribution in [3.05, 3.63) is 159 Å². The van der Waals surface area contributed by atoms with Gasteiger partial charge in [0.15, 0.2) is 25.4 Å². The number of hydrogen-bond donors (Lipinski definition) is 2. The maximum atomic E-state index is 15.4. The van der Waals surface area contributed by atoms with Crippen molar-refractivity contribution in [3.8, 4) is 22.9 Å². The number of pyridine rings is 2. The summed E-state index contributed by atoms with van der Waals surface area (Å²) in [6.45, 7) is 6.12. The van der Waals surface area contributed by atoms with E-state index >= 15 is 4.79 Å². The highest BCUT2D eigenvalue weighted by molar-refractivity contribution is 6.71. The van der Waals surface area contributed by atoms with Gasteiger partial charge in [-0.05, 0) is 85.2 Å². The molecule has 3 aromatic heterocycles. The van der Waals surface area contributed by atoms with E-state index < -0.39 is 25.9 Å². The molecule has 2 aliphatic rings. The minimum Gasteiger partial charge on any atom is -0.491 e. The molecule has 0 bridgehead atoms. The third-order valence-corrected chi connectivity index (χ3v) is 14.5. The molecule has 0 aliphatic carbocycles. The smallest absolute Gasteiger partial charge is 0.297 e. The monoisotopic (exact) mass is 828 g/mol. The number of hydrogen-bond acceptors (Lipinski definition) is 10. The molecule has 1 fully saturated rings. The molecule has 5 heterocycles. The zero-order valence-electron chi connectivity index (χ0n) is 34.1. The van der Waals surface area contributed by atoms with Gasteiger partial charge in [-0.3, -0.25) is 28.2 Å². The van der Waals surface area contributed by atoms with Crippen molar-refractivity contribution in [2.45, 2.75) is 62.7 Å². The summed E-state index contributed by atoms with van der Waals surface area (Å²) < 4.78 is 22.5. The lowest BCUT2D eigenvalue weighted by Gasteiger charge is -2.32. The number of carbonyl (C=O) groups excluding carboxylic acids is 1. The Bertz CT molecular complexity index is 2660. The third-order valence-electron chi connectivity index (χ3n) is 12.0. The normalized spacial score (nSPS) is 20.4. The maximum absolute atomic E-state index is 15.4. The molecule has 2 N–H and O–H groups in total. The van der Waals surface area contributed by atoms with Crippen molar-refractivity contribution in [1.82, 2.24) is 24.1 Å². The van der Waals surface area contributed by atoms with Crippen molar-refractivity contribution in [3.63, 3.8) is 0 Å². The molecule has 1 spiro atoms. The van der Waals surface area contributed by atoms with Gasteiger partial charge in [-0.15, -0.1) is 5.10 Å². The van der Waals surface area contributed by atoms with E-state index in [4.69, 9.17) is 14.2 Å². The Morgan fingerprint density at radius 3 is 2.15 bits per heavy atom. The van der Waals surface area contributed by atoms with Gasteiger partial charge in [-0.2, -0.15) is 0 Å². The number of ether oxygens (including phenoxy) is 3. The standard InChI is InChI=1S/C45H48N6O8Si/c1-29-41(60(4,5)56)38(20-23-48-27-36(46-47-48)34(28-52)31-13-7-6-8-14-31)59-45(29)35-25-33(50-22-11-17-40(58-3)43(50)54)18-19-37(35)51(44(45)55)26-30-12-9-15-32(24-30)49-21-10-16-39(57-2)42(49)53/h6-19,21-22,24-25,27,29,34,38,41,52,56H,20,23,26,28H2,1-5H3/t29-,34?,38+,41-,45+/m1/s1. The van der Waals surface area contributed by atoms with Crippen LogP contribution >= 0.6 is 0 Å². The summed E-state index contributed by atoms with van der Waals surface area (Å²) >= 11 is 0. The van der Waals surface area contributed by atoms with E-state index in [0.29, 0.717) is 41.3 Å². The molecule has 6 aromatic rings. The van der Waals surface area contributed by atoms with E-state index in [9.17, 15) is 19.5 Å². The first-order valence-electron chi connectivity index (χ1n) is 19.9. The molecule has 14 nitrogen and oxygen atoms in total. The molecule has 60 heavy (non-hydrogen) atoms. The van der Waals surface area contributed by atoms with Gasteiger partial charge in [0.25, 0.3) is 17.0 Å². The number of rotatable bonds is 13. The predicted molar refractivity (Wildman–Crippen MR) is 228 cm³/mol. The predicted octanol–water partition coefficient (Wildman–Crippen LogP) is 5.16. The maximum Gasteiger partial charge on any atom is 0.297 e. The van der Waals surface area contributed by atoms with Gasteiger partial charge in [0.05, 0.1) is 50.8 Å². The molecule has 8 rings (SSSR count). The first-order chi connectivity index (χ1) is 28.9. The van der Waals surface area contributed by atoms with Crippen molar-refractivity contribution in [1.29, 1.82) is 0 Å². The minimum atomic E-state index is -3.04. The molecular formula is C45H48N6O8Si. The van der Waals surface area contributed by atoms with Crippen LogP contribution in [0.3, 0.4) is 0 Å². The van der Waals surface area contributed by atoms with Crippen LogP contribution in [0.15, 0.2) is 125 Å². The van der Waals surface area contributed by atoms with Crippen LogP contribution in [0.2, 0.25) is 18.6 Å². The molecule has 0 saturated carbocycles. The Labute approximate surface area is 348 Å². The fourth-order valence-corrected chi connectivity index (χ4v) is 11.8.